The predicted molar refractivity (Wildman–Crippen MR) is 134 cm³/mol. The second-order valence-corrected chi connectivity index (χ2v) is 9.38. The summed E-state index contributed by atoms with van der Waals surface area (Å²) in [6, 6.07) is 18.4. The lowest BCUT2D eigenvalue weighted by atomic mass is 10.1. The molecule has 2 heterocycles. The molecule has 1 saturated heterocycles. The highest BCUT2D eigenvalue weighted by molar-refractivity contribution is 7.99. The van der Waals surface area contributed by atoms with Gasteiger partial charge in [0.25, 0.3) is 0 Å². The number of carbonyl (C=O) groups is 1. The molecule has 0 radical (unpaired) electrons. The Morgan fingerprint density at radius 1 is 1.09 bits per heavy atom. The Balaban J connectivity index is 1.34. The molecular weight excluding hydrogens is 454 g/mol. The van der Waals surface area contributed by atoms with E-state index in [0.29, 0.717) is 28.5 Å². The number of nitrogens with zero attached hydrogens (tertiary/aromatic N) is 5. The molecule has 3 aromatic rings. The van der Waals surface area contributed by atoms with Crippen molar-refractivity contribution in [1.82, 2.24) is 24.6 Å². The standard InChI is InChI=1S/C25H28ClN5OS/c1-3-13-31-24(21-9-11-22(26)12-10-21)27-28-25(31)33-18-23(32)30-16-14-29(15-17-30)19(2)20-7-5-4-6-8-20/h3-12,19H,1,13-18H2,2H3/t19-/m1/s1. The van der Waals surface area contributed by atoms with Crippen molar-refractivity contribution < 1.29 is 4.79 Å². The van der Waals surface area contributed by atoms with Gasteiger partial charge in [-0.15, -0.1) is 16.8 Å². The number of thioether (sulfide) groups is 1. The molecule has 4 rings (SSSR count). The van der Waals surface area contributed by atoms with E-state index in [-0.39, 0.29) is 5.91 Å². The van der Waals surface area contributed by atoms with Crippen molar-refractivity contribution in [2.24, 2.45) is 0 Å². The number of hydrogen-bond donors (Lipinski definition) is 0. The van der Waals surface area contributed by atoms with Gasteiger partial charge in [0.1, 0.15) is 0 Å². The number of carbonyl (C=O) groups excluding carboxylic acids is 1. The van der Waals surface area contributed by atoms with Crippen molar-refractivity contribution >= 4 is 29.3 Å². The Morgan fingerprint density at radius 3 is 2.45 bits per heavy atom. The summed E-state index contributed by atoms with van der Waals surface area (Å²) >= 11 is 7.43. The maximum Gasteiger partial charge on any atom is 0.233 e. The second-order valence-electron chi connectivity index (χ2n) is 8.00. The van der Waals surface area contributed by atoms with Gasteiger partial charge in [0, 0.05) is 49.4 Å². The van der Waals surface area contributed by atoms with E-state index >= 15 is 0 Å². The zero-order chi connectivity index (χ0) is 23.2. The van der Waals surface area contributed by atoms with Crippen LogP contribution in [0.15, 0.2) is 72.4 Å². The van der Waals surface area contributed by atoms with Crippen LogP contribution in [0.2, 0.25) is 5.02 Å². The first-order valence-electron chi connectivity index (χ1n) is 11.1. The van der Waals surface area contributed by atoms with Crippen molar-refractivity contribution in [2.75, 3.05) is 31.9 Å². The van der Waals surface area contributed by atoms with E-state index in [9.17, 15) is 4.79 Å². The van der Waals surface area contributed by atoms with Crippen molar-refractivity contribution in [1.29, 1.82) is 0 Å². The van der Waals surface area contributed by atoms with Crippen LogP contribution in [0, 0.1) is 0 Å². The van der Waals surface area contributed by atoms with E-state index in [1.54, 1.807) is 0 Å². The highest BCUT2D eigenvalue weighted by Gasteiger charge is 2.25. The molecule has 172 valence electrons. The molecule has 6 nitrogen and oxygen atoms in total. The minimum Gasteiger partial charge on any atom is -0.339 e. The molecule has 0 unspecified atom stereocenters. The van der Waals surface area contributed by atoms with Crippen LogP contribution in [-0.4, -0.2) is 62.4 Å². The van der Waals surface area contributed by atoms with Gasteiger partial charge < -0.3 is 4.90 Å². The third-order valence-corrected chi connectivity index (χ3v) is 7.16. The molecule has 1 aromatic heterocycles. The zero-order valence-corrected chi connectivity index (χ0v) is 20.3. The number of hydrogen-bond acceptors (Lipinski definition) is 5. The average molecular weight is 482 g/mol. The Labute approximate surface area is 204 Å². The molecule has 33 heavy (non-hydrogen) atoms. The molecule has 1 fully saturated rings. The van der Waals surface area contributed by atoms with E-state index in [2.05, 4.69) is 52.9 Å². The molecule has 1 amide bonds. The summed E-state index contributed by atoms with van der Waals surface area (Å²) in [7, 11) is 0. The Hall–Kier alpha value is -2.61. The Kier molecular flexibility index (Phi) is 7.85. The summed E-state index contributed by atoms with van der Waals surface area (Å²) < 4.78 is 1.98. The smallest absolute Gasteiger partial charge is 0.233 e. The van der Waals surface area contributed by atoms with E-state index in [0.717, 1.165) is 37.6 Å². The molecule has 2 aromatic carbocycles. The first kappa shape index (κ1) is 23.5. The van der Waals surface area contributed by atoms with Crippen LogP contribution >= 0.6 is 23.4 Å². The number of rotatable bonds is 8. The molecule has 0 spiro atoms. The zero-order valence-electron chi connectivity index (χ0n) is 18.7. The number of piperazine rings is 1. The van der Waals surface area contributed by atoms with Gasteiger partial charge in [0.05, 0.1) is 5.75 Å². The molecule has 1 aliphatic heterocycles. The summed E-state index contributed by atoms with van der Waals surface area (Å²) in [6.45, 7) is 9.88. The van der Waals surface area contributed by atoms with Gasteiger partial charge >= 0.3 is 0 Å². The topological polar surface area (TPSA) is 54.3 Å². The van der Waals surface area contributed by atoms with Crippen molar-refractivity contribution in [3.63, 3.8) is 0 Å². The number of allylic oxidation sites excluding steroid dienone is 1. The van der Waals surface area contributed by atoms with Gasteiger partial charge in [0.2, 0.25) is 5.91 Å². The van der Waals surface area contributed by atoms with Gasteiger partial charge in [-0.2, -0.15) is 0 Å². The van der Waals surface area contributed by atoms with Crippen molar-refractivity contribution in [2.45, 2.75) is 24.7 Å². The molecule has 0 saturated carbocycles. The normalized spacial score (nSPS) is 15.4. The molecule has 1 atom stereocenters. The van der Waals surface area contributed by atoms with E-state index in [4.69, 9.17) is 11.6 Å². The first-order chi connectivity index (χ1) is 16.1. The summed E-state index contributed by atoms with van der Waals surface area (Å²) in [5.74, 6) is 1.21. The van der Waals surface area contributed by atoms with Crippen LogP contribution in [0.5, 0.6) is 0 Å². The largest absolute Gasteiger partial charge is 0.339 e. The van der Waals surface area contributed by atoms with Crippen molar-refractivity contribution in [3.8, 4) is 11.4 Å². The fraction of sp³-hybridized carbons (Fsp3) is 0.320. The van der Waals surface area contributed by atoms with Crippen molar-refractivity contribution in [3.05, 3.63) is 77.8 Å². The summed E-state index contributed by atoms with van der Waals surface area (Å²) in [6.07, 6.45) is 1.81. The summed E-state index contributed by atoms with van der Waals surface area (Å²) in [4.78, 5) is 17.3. The number of amides is 1. The Morgan fingerprint density at radius 2 is 1.79 bits per heavy atom. The maximum atomic E-state index is 12.9. The molecular formula is C25H28ClN5OS. The molecule has 0 N–H and O–H groups in total. The SMILES string of the molecule is C=CCn1c(SCC(=O)N2CCN([C@H](C)c3ccccc3)CC2)nnc1-c1ccc(Cl)cc1. The maximum absolute atomic E-state index is 12.9. The molecule has 1 aliphatic rings. The fourth-order valence-electron chi connectivity index (χ4n) is 4.02. The van der Waals surface area contributed by atoms with Crippen LogP contribution < -0.4 is 0 Å². The quantitative estimate of drug-likeness (QED) is 0.342. The minimum absolute atomic E-state index is 0.133. The van der Waals surface area contributed by atoms with Crippen LogP contribution in [0.4, 0.5) is 0 Å². The second kappa shape index (κ2) is 11.0. The molecule has 0 bridgehead atoms. The lowest BCUT2D eigenvalue weighted by Crippen LogP contribution is -2.49. The summed E-state index contributed by atoms with van der Waals surface area (Å²) in [5.41, 5.74) is 2.24. The van der Waals surface area contributed by atoms with Crippen LogP contribution in [0.1, 0.15) is 18.5 Å². The van der Waals surface area contributed by atoms with Gasteiger partial charge in [-0.3, -0.25) is 14.3 Å². The van der Waals surface area contributed by atoms with Crippen LogP contribution in [0.3, 0.4) is 0 Å². The van der Waals surface area contributed by atoms with Gasteiger partial charge in [-0.1, -0.05) is 59.8 Å². The number of halogens is 1. The van der Waals surface area contributed by atoms with E-state index in [1.807, 2.05) is 45.9 Å². The third kappa shape index (κ3) is 5.66. The fourth-order valence-corrected chi connectivity index (χ4v) is 5.00. The predicted octanol–water partition coefficient (Wildman–Crippen LogP) is 4.78. The summed E-state index contributed by atoms with van der Waals surface area (Å²) in [5, 5.41) is 10.1. The first-order valence-corrected chi connectivity index (χ1v) is 12.4. The Bertz CT molecular complexity index is 1080. The molecule has 8 heteroatoms. The monoisotopic (exact) mass is 481 g/mol. The van der Waals surface area contributed by atoms with Crippen LogP contribution in [-0.2, 0) is 11.3 Å². The number of aromatic nitrogens is 3. The highest BCUT2D eigenvalue weighted by Crippen LogP contribution is 2.26. The van der Waals surface area contributed by atoms with E-state index in [1.165, 1.54) is 17.3 Å². The van der Waals surface area contributed by atoms with Gasteiger partial charge in [0.15, 0.2) is 11.0 Å². The lowest BCUT2D eigenvalue weighted by Gasteiger charge is -2.38. The van der Waals surface area contributed by atoms with Gasteiger partial charge in [-0.25, -0.2) is 0 Å². The van der Waals surface area contributed by atoms with Crippen LogP contribution in [0.25, 0.3) is 11.4 Å². The third-order valence-electron chi connectivity index (χ3n) is 5.95. The minimum atomic E-state index is 0.133. The number of benzene rings is 2. The highest BCUT2D eigenvalue weighted by atomic mass is 35.5. The lowest BCUT2D eigenvalue weighted by molar-refractivity contribution is -0.130. The molecule has 0 aliphatic carbocycles. The average Bonchev–Trinajstić information content (AvgIpc) is 3.26. The van der Waals surface area contributed by atoms with Gasteiger partial charge in [-0.05, 0) is 36.8 Å². The van der Waals surface area contributed by atoms with E-state index < -0.39 is 0 Å².